The smallest absolute Gasteiger partial charge is 0.335 e. The monoisotopic (exact) mass is 386 g/mol. The second-order valence-electron chi connectivity index (χ2n) is 8.97. The summed E-state index contributed by atoms with van der Waals surface area (Å²) in [5.74, 6) is 0.401. The van der Waals surface area contributed by atoms with Crippen LogP contribution in [0.2, 0.25) is 0 Å². The van der Waals surface area contributed by atoms with Gasteiger partial charge < -0.3 is 10.2 Å². The van der Waals surface area contributed by atoms with E-state index in [-0.39, 0.29) is 10.8 Å². The average Bonchev–Trinajstić information content (AvgIpc) is 2.54. The molecule has 0 radical (unpaired) electrons. The van der Waals surface area contributed by atoms with E-state index in [0.717, 1.165) is 33.8 Å². The van der Waals surface area contributed by atoms with Crippen molar-refractivity contribution in [3.8, 4) is 5.75 Å². The number of benzene rings is 2. The van der Waals surface area contributed by atoms with Crippen LogP contribution < -0.4 is 0 Å². The van der Waals surface area contributed by atoms with Crippen LogP contribution in [0.25, 0.3) is 0 Å². The van der Waals surface area contributed by atoms with E-state index >= 15 is 0 Å². The Labute approximate surface area is 166 Å². The van der Waals surface area contributed by atoms with Crippen molar-refractivity contribution >= 4 is 17.7 Å². The van der Waals surface area contributed by atoms with E-state index in [4.69, 9.17) is 5.11 Å². The molecule has 0 bridgehead atoms. The van der Waals surface area contributed by atoms with Gasteiger partial charge in [0, 0.05) is 21.8 Å². The molecule has 2 aromatic carbocycles. The first-order chi connectivity index (χ1) is 12.4. The molecule has 27 heavy (non-hydrogen) atoms. The van der Waals surface area contributed by atoms with Crippen molar-refractivity contribution in [1.29, 1.82) is 0 Å². The fourth-order valence-electron chi connectivity index (χ4n) is 2.94. The molecule has 0 saturated heterocycles. The molecule has 2 rings (SSSR count). The Morgan fingerprint density at radius 1 is 0.926 bits per heavy atom. The highest BCUT2D eigenvalue weighted by Crippen LogP contribution is 2.41. The minimum Gasteiger partial charge on any atom is -0.507 e. The van der Waals surface area contributed by atoms with Gasteiger partial charge in [-0.1, -0.05) is 53.7 Å². The van der Waals surface area contributed by atoms with Gasteiger partial charge in [-0.15, -0.1) is 11.8 Å². The highest BCUT2D eigenvalue weighted by Gasteiger charge is 2.26. The number of carboxylic acids is 1. The van der Waals surface area contributed by atoms with Crippen molar-refractivity contribution in [3.05, 3.63) is 58.7 Å². The molecule has 3 nitrogen and oxygen atoms in total. The third kappa shape index (κ3) is 5.52. The summed E-state index contributed by atoms with van der Waals surface area (Å²) in [6.07, 6.45) is 0.862. The Bertz CT molecular complexity index is 774. The average molecular weight is 387 g/mol. The maximum Gasteiger partial charge on any atom is 0.335 e. The molecule has 0 aliphatic rings. The number of phenolic OH excluding ortho intramolecular Hbond substituents is 1. The van der Waals surface area contributed by atoms with E-state index < -0.39 is 5.97 Å². The topological polar surface area (TPSA) is 57.5 Å². The maximum absolute atomic E-state index is 10.9. The van der Waals surface area contributed by atoms with Gasteiger partial charge in [0.25, 0.3) is 0 Å². The van der Waals surface area contributed by atoms with Crippen molar-refractivity contribution in [1.82, 2.24) is 0 Å². The third-order valence-electron chi connectivity index (χ3n) is 4.56. The zero-order valence-corrected chi connectivity index (χ0v) is 17.9. The fraction of sp³-hybridized carbons (Fsp3) is 0.435. The van der Waals surface area contributed by atoms with Crippen LogP contribution in [-0.4, -0.2) is 21.9 Å². The second kappa shape index (κ2) is 7.97. The van der Waals surface area contributed by atoms with Crippen LogP contribution in [0.15, 0.2) is 41.3 Å². The minimum absolute atomic E-state index is 0.132. The molecule has 2 aromatic rings. The standard InChI is InChI=1S/C23H30O3S/c1-22(2,3)18-13-17(14-19(20(18)24)23(4,5)6)27-12-11-15-7-9-16(10-8-15)21(25)26/h7-10,13-14,24H,11-12H2,1-6H3,(H,25,26). The van der Waals surface area contributed by atoms with Crippen LogP contribution in [0, 0.1) is 0 Å². The number of rotatable bonds is 5. The number of hydrogen-bond donors (Lipinski definition) is 2. The SMILES string of the molecule is CC(C)(C)c1cc(SCCc2ccc(C(=O)O)cc2)cc(C(C)(C)C)c1O. The van der Waals surface area contributed by atoms with Gasteiger partial charge >= 0.3 is 5.97 Å². The maximum atomic E-state index is 10.9. The molecule has 0 saturated carbocycles. The predicted octanol–water partition coefficient (Wildman–Crippen LogP) is 6.02. The van der Waals surface area contributed by atoms with Gasteiger partial charge in [-0.2, -0.15) is 0 Å². The van der Waals surface area contributed by atoms with Crippen LogP contribution in [0.5, 0.6) is 5.75 Å². The van der Waals surface area contributed by atoms with Gasteiger partial charge in [0.2, 0.25) is 0 Å². The molecular weight excluding hydrogens is 356 g/mol. The van der Waals surface area contributed by atoms with E-state index in [1.54, 1.807) is 23.9 Å². The van der Waals surface area contributed by atoms with E-state index in [1.165, 1.54) is 0 Å². The summed E-state index contributed by atoms with van der Waals surface area (Å²) in [7, 11) is 0. The third-order valence-corrected chi connectivity index (χ3v) is 5.54. The lowest BCUT2D eigenvalue weighted by atomic mass is 9.79. The molecule has 2 N–H and O–H groups in total. The van der Waals surface area contributed by atoms with Crippen LogP contribution in [0.1, 0.15) is 68.6 Å². The lowest BCUT2D eigenvalue weighted by Gasteiger charge is -2.28. The van der Waals surface area contributed by atoms with Crippen molar-refractivity contribution in [2.75, 3.05) is 5.75 Å². The lowest BCUT2D eigenvalue weighted by molar-refractivity contribution is 0.0697. The van der Waals surface area contributed by atoms with Gasteiger partial charge in [0.05, 0.1) is 5.56 Å². The van der Waals surface area contributed by atoms with Crippen molar-refractivity contribution in [2.45, 2.75) is 63.7 Å². The molecule has 0 heterocycles. The highest BCUT2D eigenvalue weighted by atomic mass is 32.2. The largest absolute Gasteiger partial charge is 0.507 e. The molecule has 0 aromatic heterocycles. The number of thioether (sulfide) groups is 1. The molecular formula is C23H30O3S. The van der Waals surface area contributed by atoms with E-state index in [1.807, 2.05) is 12.1 Å². The summed E-state index contributed by atoms with van der Waals surface area (Å²) >= 11 is 1.77. The number of hydrogen-bond acceptors (Lipinski definition) is 3. The Morgan fingerprint density at radius 3 is 1.81 bits per heavy atom. The molecule has 0 fully saturated rings. The minimum atomic E-state index is -0.899. The molecule has 4 heteroatoms. The van der Waals surface area contributed by atoms with Crippen molar-refractivity contribution in [2.24, 2.45) is 0 Å². The molecule has 0 spiro atoms. The first-order valence-corrected chi connectivity index (χ1v) is 10.2. The Balaban J connectivity index is 2.19. The van der Waals surface area contributed by atoms with Crippen LogP contribution in [0.3, 0.4) is 0 Å². The number of phenols is 1. The van der Waals surface area contributed by atoms with Crippen molar-refractivity contribution in [3.63, 3.8) is 0 Å². The zero-order chi connectivity index (χ0) is 20.4. The summed E-state index contributed by atoms with van der Waals surface area (Å²) in [5.41, 5.74) is 3.13. The first kappa shape index (κ1) is 21.4. The second-order valence-corrected chi connectivity index (χ2v) is 10.1. The lowest BCUT2D eigenvalue weighted by Crippen LogP contribution is -2.17. The molecule has 0 aliphatic carbocycles. The summed E-state index contributed by atoms with van der Waals surface area (Å²) in [6.45, 7) is 12.7. The molecule has 146 valence electrons. The van der Waals surface area contributed by atoms with Gasteiger partial charge in [-0.05, 0) is 47.1 Å². The zero-order valence-electron chi connectivity index (χ0n) is 17.1. The van der Waals surface area contributed by atoms with Crippen LogP contribution in [0.4, 0.5) is 0 Å². The van der Waals surface area contributed by atoms with Gasteiger partial charge in [0.1, 0.15) is 5.75 Å². The summed E-state index contributed by atoms with van der Waals surface area (Å²) < 4.78 is 0. The van der Waals surface area contributed by atoms with Crippen molar-refractivity contribution < 1.29 is 15.0 Å². The molecule has 0 atom stereocenters. The normalized spacial score (nSPS) is 12.2. The quantitative estimate of drug-likeness (QED) is 0.617. The number of carboxylic acid groups (broad SMARTS) is 1. The van der Waals surface area contributed by atoms with Gasteiger partial charge in [-0.25, -0.2) is 4.79 Å². The molecule has 0 aliphatic heterocycles. The summed E-state index contributed by atoms with van der Waals surface area (Å²) in [5, 5.41) is 19.8. The number of aromatic carboxylic acids is 1. The molecule has 0 amide bonds. The Kier molecular flexibility index (Phi) is 6.31. The summed E-state index contributed by atoms with van der Waals surface area (Å²) in [4.78, 5) is 12.1. The van der Waals surface area contributed by atoms with Crippen LogP contribution in [-0.2, 0) is 17.3 Å². The van der Waals surface area contributed by atoms with Gasteiger partial charge in [0.15, 0.2) is 0 Å². The van der Waals surface area contributed by atoms with E-state index in [9.17, 15) is 9.90 Å². The highest BCUT2D eigenvalue weighted by molar-refractivity contribution is 7.99. The number of aromatic hydroxyl groups is 1. The number of aryl methyl sites for hydroxylation is 1. The Morgan fingerprint density at radius 2 is 1.41 bits per heavy atom. The summed E-state index contributed by atoms with van der Waals surface area (Å²) in [6, 6.07) is 11.3. The number of carbonyl (C=O) groups is 1. The van der Waals surface area contributed by atoms with E-state index in [2.05, 4.69) is 53.7 Å². The van der Waals surface area contributed by atoms with Crippen LogP contribution >= 0.6 is 11.8 Å². The predicted molar refractivity (Wildman–Crippen MR) is 113 cm³/mol. The Hall–Kier alpha value is -1.94. The fourth-order valence-corrected chi connectivity index (χ4v) is 3.91. The van der Waals surface area contributed by atoms with E-state index in [0.29, 0.717) is 11.3 Å². The first-order valence-electron chi connectivity index (χ1n) is 9.22. The van der Waals surface area contributed by atoms with Gasteiger partial charge in [-0.3, -0.25) is 0 Å². The molecule has 0 unspecified atom stereocenters.